The normalized spacial score (nSPS) is 13.1. The predicted molar refractivity (Wildman–Crippen MR) is 68.7 cm³/mol. The van der Waals surface area contributed by atoms with Crippen LogP contribution in [-0.2, 0) is 19.3 Å². The lowest BCUT2D eigenvalue weighted by Crippen LogP contribution is -2.11. The summed E-state index contributed by atoms with van der Waals surface area (Å²) in [7, 11) is 0. The van der Waals surface area contributed by atoms with E-state index in [0.29, 0.717) is 12.6 Å². The summed E-state index contributed by atoms with van der Waals surface area (Å²) >= 11 is 0. The summed E-state index contributed by atoms with van der Waals surface area (Å²) in [5.41, 5.74) is 9.71. The highest BCUT2D eigenvalue weighted by Gasteiger charge is 2.17. The smallest absolute Gasteiger partial charge is 0.0657 e. The van der Waals surface area contributed by atoms with E-state index in [2.05, 4.69) is 32.4 Å². The average Bonchev–Trinajstić information content (AvgIpc) is 2.66. The van der Waals surface area contributed by atoms with Crippen LogP contribution in [0.15, 0.2) is 0 Å². The molecular formula is C13H25N3. The molecule has 1 aromatic heterocycles. The van der Waals surface area contributed by atoms with E-state index >= 15 is 0 Å². The van der Waals surface area contributed by atoms with E-state index in [1.807, 2.05) is 0 Å². The molecule has 0 aliphatic heterocycles. The van der Waals surface area contributed by atoms with Gasteiger partial charge in [0.1, 0.15) is 0 Å². The first-order valence-electron chi connectivity index (χ1n) is 6.48. The zero-order valence-electron chi connectivity index (χ0n) is 11.1. The van der Waals surface area contributed by atoms with Gasteiger partial charge in [0.2, 0.25) is 0 Å². The van der Waals surface area contributed by atoms with Gasteiger partial charge in [-0.3, -0.25) is 4.68 Å². The third-order valence-electron chi connectivity index (χ3n) is 3.27. The molecule has 16 heavy (non-hydrogen) atoms. The van der Waals surface area contributed by atoms with Crippen molar-refractivity contribution in [3.63, 3.8) is 0 Å². The van der Waals surface area contributed by atoms with Gasteiger partial charge < -0.3 is 5.73 Å². The van der Waals surface area contributed by atoms with Gasteiger partial charge in [-0.2, -0.15) is 5.10 Å². The van der Waals surface area contributed by atoms with Crippen LogP contribution >= 0.6 is 0 Å². The molecule has 0 saturated carbocycles. The monoisotopic (exact) mass is 223 g/mol. The number of aryl methyl sites for hydroxylation is 1. The van der Waals surface area contributed by atoms with Gasteiger partial charge in [-0.05, 0) is 44.7 Å². The lowest BCUT2D eigenvalue weighted by atomic mass is 10.1. The van der Waals surface area contributed by atoms with E-state index < -0.39 is 0 Å². The van der Waals surface area contributed by atoms with Crippen molar-refractivity contribution in [1.82, 2.24) is 9.78 Å². The Labute approximate surface area is 99.0 Å². The predicted octanol–water partition coefficient (Wildman–Crippen LogP) is 2.48. The summed E-state index contributed by atoms with van der Waals surface area (Å²) < 4.78 is 2.21. The molecule has 3 heteroatoms. The van der Waals surface area contributed by atoms with E-state index in [9.17, 15) is 0 Å². The molecule has 1 heterocycles. The van der Waals surface area contributed by atoms with Gasteiger partial charge in [0.15, 0.2) is 0 Å². The topological polar surface area (TPSA) is 43.8 Å². The SMILES string of the molecule is CCc1nn(C(C)CC)c(CC)c1CCN. The van der Waals surface area contributed by atoms with Crippen molar-refractivity contribution < 1.29 is 0 Å². The molecule has 1 aromatic rings. The van der Waals surface area contributed by atoms with Crippen molar-refractivity contribution in [3.05, 3.63) is 17.0 Å². The molecular weight excluding hydrogens is 198 g/mol. The van der Waals surface area contributed by atoms with E-state index in [1.165, 1.54) is 17.0 Å². The second kappa shape index (κ2) is 6.04. The fourth-order valence-corrected chi connectivity index (χ4v) is 2.19. The third kappa shape index (κ3) is 2.46. The zero-order chi connectivity index (χ0) is 12.1. The molecule has 0 radical (unpaired) electrons. The zero-order valence-corrected chi connectivity index (χ0v) is 11.1. The number of hydrogen-bond donors (Lipinski definition) is 1. The number of nitrogens with two attached hydrogens (primary N) is 1. The highest BCUT2D eigenvalue weighted by Crippen LogP contribution is 2.21. The Morgan fingerprint density at radius 3 is 2.38 bits per heavy atom. The maximum atomic E-state index is 5.69. The van der Waals surface area contributed by atoms with Crippen LogP contribution in [0, 0.1) is 0 Å². The molecule has 0 aliphatic rings. The standard InChI is InChI=1S/C13H25N3/c1-5-10(4)16-13(7-3)11(8-9-14)12(6-2)15-16/h10H,5-9,14H2,1-4H3. The molecule has 0 aliphatic carbocycles. The number of aromatic nitrogens is 2. The first kappa shape index (κ1) is 13.2. The van der Waals surface area contributed by atoms with Crippen molar-refractivity contribution in [1.29, 1.82) is 0 Å². The molecule has 0 bridgehead atoms. The second-order valence-electron chi connectivity index (χ2n) is 4.32. The molecule has 1 rings (SSSR count). The summed E-state index contributed by atoms with van der Waals surface area (Å²) in [6, 6.07) is 0.492. The van der Waals surface area contributed by atoms with Gasteiger partial charge in [0.25, 0.3) is 0 Å². The summed E-state index contributed by atoms with van der Waals surface area (Å²) in [5.74, 6) is 0. The summed E-state index contributed by atoms with van der Waals surface area (Å²) in [6.45, 7) is 9.53. The van der Waals surface area contributed by atoms with Gasteiger partial charge in [0.05, 0.1) is 5.69 Å². The van der Waals surface area contributed by atoms with Crippen molar-refractivity contribution in [2.45, 2.75) is 59.4 Å². The average molecular weight is 223 g/mol. The summed E-state index contributed by atoms with van der Waals surface area (Å²) in [4.78, 5) is 0. The van der Waals surface area contributed by atoms with Crippen molar-refractivity contribution in [3.8, 4) is 0 Å². The maximum Gasteiger partial charge on any atom is 0.0657 e. The Hall–Kier alpha value is -0.830. The Bertz CT molecular complexity index is 328. The van der Waals surface area contributed by atoms with Crippen LogP contribution < -0.4 is 5.73 Å². The van der Waals surface area contributed by atoms with E-state index in [1.54, 1.807) is 0 Å². The lowest BCUT2D eigenvalue weighted by molar-refractivity contribution is 0.458. The highest BCUT2D eigenvalue weighted by molar-refractivity contribution is 5.27. The minimum absolute atomic E-state index is 0.492. The van der Waals surface area contributed by atoms with Crippen molar-refractivity contribution >= 4 is 0 Å². The van der Waals surface area contributed by atoms with Crippen molar-refractivity contribution in [2.24, 2.45) is 5.73 Å². The van der Waals surface area contributed by atoms with Crippen LogP contribution in [0.2, 0.25) is 0 Å². The van der Waals surface area contributed by atoms with Crippen LogP contribution in [0.5, 0.6) is 0 Å². The minimum atomic E-state index is 0.492. The fourth-order valence-electron chi connectivity index (χ4n) is 2.19. The van der Waals surface area contributed by atoms with Crippen LogP contribution in [-0.4, -0.2) is 16.3 Å². The molecule has 1 atom stereocenters. The molecule has 0 fully saturated rings. The molecule has 0 saturated heterocycles. The first-order chi connectivity index (χ1) is 7.69. The molecule has 92 valence electrons. The van der Waals surface area contributed by atoms with Gasteiger partial charge in [0, 0.05) is 11.7 Å². The molecule has 1 unspecified atom stereocenters. The largest absolute Gasteiger partial charge is 0.330 e. The van der Waals surface area contributed by atoms with Crippen LogP contribution in [0.3, 0.4) is 0 Å². The number of hydrogen-bond acceptors (Lipinski definition) is 2. The second-order valence-corrected chi connectivity index (χ2v) is 4.32. The van der Waals surface area contributed by atoms with Gasteiger partial charge in [-0.15, -0.1) is 0 Å². The van der Waals surface area contributed by atoms with Gasteiger partial charge >= 0.3 is 0 Å². The molecule has 0 aromatic carbocycles. The minimum Gasteiger partial charge on any atom is -0.330 e. The Morgan fingerprint density at radius 2 is 1.94 bits per heavy atom. The molecule has 0 spiro atoms. The number of rotatable bonds is 6. The third-order valence-corrected chi connectivity index (χ3v) is 3.27. The Morgan fingerprint density at radius 1 is 1.25 bits per heavy atom. The van der Waals surface area contributed by atoms with Crippen molar-refractivity contribution in [2.75, 3.05) is 6.54 Å². The van der Waals surface area contributed by atoms with Gasteiger partial charge in [-0.25, -0.2) is 0 Å². The fraction of sp³-hybridized carbons (Fsp3) is 0.769. The van der Waals surface area contributed by atoms with Crippen LogP contribution in [0.4, 0.5) is 0 Å². The summed E-state index contributed by atoms with van der Waals surface area (Å²) in [5, 5.41) is 4.75. The molecule has 0 amide bonds. The number of nitrogens with zero attached hydrogens (tertiary/aromatic N) is 2. The van der Waals surface area contributed by atoms with E-state index in [4.69, 9.17) is 10.8 Å². The molecule has 3 nitrogen and oxygen atoms in total. The Kier molecular flexibility index (Phi) is 5.00. The highest BCUT2D eigenvalue weighted by atomic mass is 15.3. The summed E-state index contributed by atoms with van der Waals surface area (Å²) in [6.07, 6.45) is 4.14. The van der Waals surface area contributed by atoms with Gasteiger partial charge in [-0.1, -0.05) is 20.8 Å². The van der Waals surface area contributed by atoms with E-state index in [-0.39, 0.29) is 0 Å². The molecule has 2 N–H and O–H groups in total. The first-order valence-corrected chi connectivity index (χ1v) is 6.48. The van der Waals surface area contributed by atoms with Crippen LogP contribution in [0.1, 0.15) is 57.1 Å². The van der Waals surface area contributed by atoms with Crippen LogP contribution in [0.25, 0.3) is 0 Å². The quantitative estimate of drug-likeness (QED) is 0.805. The Balaban J connectivity index is 3.18. The lowest BCUT2D eigenvalue weighted by Gasteiger charge is -2.13. The van der Waals surface area contributed by atoms with E-state index in [0.717, 1.165) is 25.7 Å². The maximum absolute atomic E-state index is 5.69.